The van der Waals surface area contributed by atoms with Crippen molar-refractivity contribution in [2.75, 3.05) is 6.54 Å². The molecule has 1 N–H and O–H groups in total. The number of amides is 3. The van der Waals surface area contributed by atoms with Gasteiger partial charge in [-0.2, -0.15) is 0 Å². The van der Waals surface area contributed by atoms with Crippen molar-refractivity contribution in [2.24, 2.45) is 0 Å². The van der Waals surface area contributed by atoms with Gasteiger partial charge in [-0.1, -0.05) is 42.0 Å². The minimum atomic E-state index is -1.39. The third-order valence-corrected chi connectivity index (χ3v) is 7.52. The number of imide groups is 1. The summed E-state index contributed by atoms with van der Waals surface area (Å²) in [6.07, 6.45) is 3.43. The highest BCUT2D eigenvalue weighted by Gasteiger charge is 2.58. The average Bonchev–Trinajstić information content (AvgIpc) is 3.36. The van der Waals surface area contributed by atoms with Gasteiger partial charge in [-0.25, -0.2) is 18.9 Å². The summed E-state index contributed by atoms with van der Waals surface area (Å²) < 4.78 is 19.1. The summed E-state index contributed by atoms with van der Waals surface area (Å²) in [5.74, 6) is -2.35. The Morgan fingerprint density at radius 3 is 2.49 bits per heavy atom. The van der Waals surface area contributed by atoms with Crippen LogP contribution >= 0.6 is 0 Å². The van der Waals surface area contributed by atoms with Gasteiger partial charge in [0.05, 0.1) is 0 Å². The van der Waals surface area contributed by atoms with E-state index in [0.717, 1.165) is 16.0 Å². The lowest BCUT2D eigenvalue weighted by molar-refractivity contribution is -0.143. The molecule has 3 aliphatic rings. The zero-order chi connectivity index (χ0) is 26.2. The van der Waals surface area contributed by atoms with Crippen molar-refractivity contribution in [1.82, 2.24) is 9.80 Å². The molecular weight excluding hydrogens is 479 g/mol. The summed E-state index contributed by atoms with van der Waals surface area (Å²) in [6, 6.07) is 12.9. The summed E-state index contributed by atoms with van der Waals surface area (Å²) in [6.45, 7) is -0.288. The van der Waals surface area contributed by atoms with Gasteiger partial charge in [-0.15, -0.1) is 0 Å². The second-order valence-corrected chi connectivity index (χ2v) is 9.76. The molecule has 8 nitrogen and oxygen atoms in total. The van der Waals surface area contributed by atoms with Crippen LogP contribution in [0.2, 0.25) is 0 Å². The Morgan fingerprint density at radius 2 is 1.78 bits per heavy atom. The first-order chi connectivity index (χ1) is 17.8. The van der Waals surface area contributed by atoms with E-state index >= 15 is 0 Å². The number of nitrogens with zero attached hydrogens (tertiary/aromatic N) is 2. The zero-order valence-electron chi connectivity index (χ0n) is 20.2. The van der Waals surface area contributed by atoms with Gasteiger partial charge in [0.25, 0.3) is 5.91 Å². The van der Waals surface area contributed by atoms with Gasteiger partial charge < -0.3 is 14.7 Å². The largest absolute Gasteiger partial charge is 0.478 e. The predicted molar refractivity (Wildman–Crippen MR) is 130 cm³/mol. The van der Waals surface area contributed by atoms with E-state index in [1.807, 2.05) is 12.1 Å². The maximum atomic E-state index is 13.6. The molecule has 5 rings (SSSR count). The number of carboxylic acid groups (broad SMARTS) is 1. The average molecular weight is 507 g/mol. The fourth-order valence-electron chi connectivity index (χ4n) is 5.63. The molecule has 192 valence electrons. The minimum Gasteiger partial charge on any atom is -0.478 e. The van der Waals surface area contributed by atoms with Crippen molar-refractivity contribution in [3.8, 4) is 0 Å². The van der Waals surface area contributed by atoms with Crippen LogP contribution in [0, 0.1) is 5.82 Å². The van der Waals surface area contributed by atoms with Gasteiger partial charge in [0.2, 0.25) is 11.5 Å². The fourth-order valence-corrected chi connectivity index (χ4v) is 5.63. The van der Waals surface area contributed by atoms with Gasteiger partial charge >= 0.3 is 12.1 Å². The summed E-state index contributed by atoms with van der Waals surface area (Å²) in [7, 11) is 0. The lowest BCUT2D eigenvalue weighted by Crippen LogP contribution is -2.48. The second-order valence-electron chi connectivity index (χ2n) is 9.76. The molecule has 0 unspecified atom stereocenters. The summed E-state index contributed by atoms with van der Waals surface area (Å²) in [5.41, 5.74) is 1.73. The number of ether oxygens (including phenoxy) is 1. The maximum absolute atomic E-state index is 13.6. The van der Waals surface area contributed by atoms with Gasteiger partial charge in [0, 0.05) is 30.6 Å². The van der Waals surface area contributed by atoms with Crippen molar-refractivity contribution in [3.63, 3.8) is 0 Å². The van der Waals surface area contributed by atoms with Gasteiger partial charge in [0.15, 0.2) is 0 Å². The number of carboxylic acids is 1. The van der Waals surface area contributed by atoms with Crippen LogP contribution in [-0.4, -0.2) is 51.4 Å². The van der Waals surface area contributed by atoms with Crippen LogP contribution in [0.25, 0.3) is 0 Å². The molecular formula is C28H27FN2O6. The van der Waals surface area contributed by atoms with Crippen LogP contribution in [-0.2, 0) is 37.7 Å². The highest BCUT2D eigenvalue weighted by molar-refractivity contribution is 6.06. The van der Waals surface area contributed by atoms with E-state index in [0.29, 0.717) is 49.7 Å². The van der Waals surface area contributed by atoms with Crippen LogP contribution in [0.3, 0.4) is 0 Å². The molecule has 1 aliphatic heterocycles. The number of benzene rings is 2. The summed E-state index contributed by atoms with van der Waals surface area (Å²) in [4.78, 5) is 53.5. The number of carbonyl (C=O) groups excluding carboxylic acids is 3. The van der Waals surface area contributed by atoms with Crippen LogP contribution < -0.4 is 0 Å². The van der Waals surface area contributed by atoms with Crippen LogP contribution in [0.1, 0.15) is 48.8 Å². The minimum absolute atomic E-state index is 0.173. The van der Waals surface area contributed by atoms with Gasteiger partial charge in [0.1, 0.15) is 12.4 Å². The smallest absolute Gasteiger partial charge is 0.418 e. The van der Waals surface area contributed by atoms with E-state index in [1.54, 1.807) is 29.2 Å². The first-order valence-corrected chi connectivity index (χ1v) is 12.4. The molecule has 37 heavy (non-hydrogen) atoms. The fraction of sp³-hybridized carbons (Fsp3) is 0.357. The first-order valence-electron chi connectivity index (χ1n) is 12.4. The number of rotatable bonds is 6. The van der Waals surface area contributed by atoms with E-state index in [1.165, 1.54) is 18.2 Å². The Balaban J connectivity index is 1.36. The number of hydrogen-bond donors (Lipinski definition) is 1. The van der Waals surface area contributed by atoms with E-state index in [9.17, 15) is 23.6 Å². The number of carbonyl (C=O) groups is 4. The van der Waals surface area contributed by atoms with Crippen molar-refractivity contribution < 1.29 is 33.4 Å². The highest BCUT2D eigenvalue weighted by atomic mass is 19.1. The normalized spacial score (nSPS) is 22.7. The Kier molecular flexibility index (Phi) is 6.54. The molecule has 1 heterocycles. The number of fused-ring (bicyclic) bond motifs is 2. The molecule has 2 aromatic carbocycles. The second kappa shape index (κ2) is 9.80. The molecule has 1 spiro atoms. The molecule has 2 aromatic rings. The third kappa shape index (κ3) is 4.73. The van der Waals surface area contributed by atoms with Crippen LogP contribution in [0.4, 0.5) is 9.18 Å². The molecule has 0 radical (unpaired) electrons. The molecule has 1 saturated carbocycles. The van der Waals surface area contributed by atoms with Crippen molar-refractivity contribution in [3.05, 3.63) is 82.7 Å². The molecule has 2 aliphatic carbocycles. The third-order valence-electron chi connectivity index (χ3n) is 7.52. The zero-order valence-corrected chi connectivity index (χ0v) is 20.2. The van der Waals surface area contributed by atoms with Crippen LogP contribution in [0.5, 0.6) is 0 Å². The standard InChI is InChI=1S/C28H27FN2O6/c29-21-9-5-19(6-10-21)16-30(22-11-7-18(8-12-22)15-25(33)34)24(32)17-31-26(35)28(37-27(31)36)14-13-20-3-1-2-4-23(20)28/h1-6,9-10,15,22H,7-8,11-14,16-17H2,(H,33,34)/t22?,28-/m1/s1. The Labute approximate surface area is 213 Å². The molecule has 0 aromatic heterocycles. The lowest BCUT2D eigenvalue weighted by atomic mass is 9.89. The molecule has 9 heteroatoms. The Hall–Kier alpha value is -4.01. The molecule has 1 saturated heterocycles. The monoisotopic (exact) mass is 506 g/mol. The highest BCUT2D eigenvalue weighted by Crippen LogP contribution is 2.45. The quantitative estimate of drug-likeness (QED) is 0.596. The summed E-state index contributed by atoms with van der Waals surface area (Å²) >= 11 is 0. The molecule has 3 amide bonds. The van der Waals surface area contributed by atoms with Gasteiger partial charge in [-0.3, -0.25) is 9.59 Å². The molecule has 2 fully saturated rings. The van der Waals surface area contributed by atoms with E-state index < -0.39 is 41.8 Å². The Bertz CT molecular complexity index is 1280. The number of aryl methyl sites for hydroxylation is 1. The number of halogens is 1. The van der Waals surface area contributed by atoms with E-state index in [4.69, 9.17) is 9.84 Å². The molecule has 1 atom stereocenters. The van der Waals surface area contributed by atoms with Crippen LogP contribution in [0.15, 0.2) is 60.2 Å². The molecule has 0 bridgehead atoms. The van der Waals surface area contributed by atoms with E-state index in [-0.39, 0.29) is 12.6 Å². The maximum Gasteiger partial charge on any atom is 0.418 e. The van der Waals surface area contributed by atoms with E-state index in [2.05, 4.69) is 0 Å². The van der Waals surface area contributed by atoms with Crippen molar-refractivity contribution >= 4 is 23.9 Å². The number of allylic oxidation sites excluding steroid dienone is 1. The van der Waals surface area contributed by atoms with Crippen molar-refractivity contribution in [1.29, 1.82) is 0 Å². The SMILES string of the molecule is O=C(O)C=C1CCC(N(Cc2ccc(F)cc2)C(=O)CN2C(=O)O[C@@]3(CCc4ccccc43)C2=O)CC1. The Morgan fingerprint density at radius 1 is 1.08 bits per heavy atom. The lowest BCUT2D eigenvalue weighted by Gasteiger charge is -2.36. The van der Waals surface area contributed by atoms with Crippen molar-refractivity contribution in [2.45, 2.75) is 56.7 Å². The first kappa shape index (κ1) is 24.7. The van der Waals surface area contributed by atoms with Gasteiger partial charge in [-0.05, 0) is 55.4 Å². The number of aliphatic carboxylic acids is 1. The topological polar surface area (TPSA) is 104 Å². The number of hydrogen-bond acceptors (Lipinski definition) is 5. The summed E-state index contributed by atoms with van der Waals surface area (Å²) in [5, 5.41) is 9.05. The predicted octanol–water partition coefficient (Wildman–Crippen LogP) is 3.93.